The van der Waals surface area contributed by atoms with Crippen molar-refractivity contribution in [2.24, 2.45) is 0 Å². The van der Waals surface area contributed by atoms with Gasteiger partial charge in [-0.1, -0.05) is 4.49 Å². The Balaban J connectivity index is 1.54. The standard InChI is InChI=1S/C11H13N5OS2/c17-11(13-9-8-12-14-19-9)16-5-3-15(4-6-16)10-2-1-7-18-10/h1-2,7-8H,3-6H2,(H,13,17). The van der Waals surface area contributed by atoms with E-state index in [1.807, 2.05) is 4.90 Å². The fraction of sp³-hybridized carbons (Fsp3) is 0.364. The fourth-order valence-corrected chi connectivity index (χ4v) is 3.18. The van der Waals surface area contributed by atoms with E-state index in [1.165, 1.54) is 16.5 Å². The summed E-state index contributed by atoms with van der Waals surface area (Å²) < 4.78 is 3.72. The molecule has 0 atom stereocenters. The third kappa shape index (κ3) is 2.85. The Kier molecular flexibility index (Phi) is 3.60. The molecule has 0 spiro atoms. The third-order valence-corrected chi connectivity index (χ3v) is 4.49. The summed E-state index contributed by atoms with van der Waals surface area (Å²) >= 11 is 2.92. The van der Waals surface area contributed by atoms with E-state index in [9.17, 15) is 4.79 Å². The van der Waals surface area contributed by atoms with E-state index < -0.39 is 0 Å². The lowest BCUT2D eigenvalue weighted by atomic mass is 10.3. The highest BCUT2D eigenvalue weighted by Crippen LogP contribution is 2.22. The lowest BCUT2D eigenvalue weighted by molar-refractivity contribution is 0.208. The molecular formula is C11H13N5OS2. The second kappa shape index (κ2) is 5.54. The number of nitrogens with zero attached hydrogens (tertiary/aromatic N) is 4. The minimum Gasteiger partial charge on any atom is -0.360 e. The van der Waals surface area contributed by atoms with Gasteiger partial charge in [0.15, 0.2) is 0 Å². The molecule has 1 aliphatic heterocycles. The van der Waals surface area contributed by atoms with Crippen LogP contribution in [0.25, 0.3) is 0 Å². The van der Waals surface area contributed by atoms with Crippen molar-refractivity contribution in [3.05, 3.63) is 23.7 Å². The maximum absolute atomic E-state index is 12.0. The van der Waals surface area contributed by atoms with Crippen molar-refractivity contribution in [2.45, 2.75) is 0 Å². The molecule has 0 saturated carbocycles. The van der Waals surface area contributed by atoms with Crippen LogP contribution in [0.2, 0.25) is 0 Å². The van der Waals surface area contributed by atoms with E-state index in [2.05, 4.69) is 37.3 Å². The van der Waals surface area contributed by atoms with E-state index in [0.29, 0.717) is 5.00 Å². The van der Waals surface area contributed by atoms with Gasteiger partial charge in [-0.3, -0.25) is 5.32 Å². The van der Waals surface area contributed by atoms with Gasteiger partial charge in [0.25, 0.3) is 0 Å². The van der Waals surface area contributed by atoms with Crippen molar-refractivity contribution in [1.29, 1.82) is 0 Å². The van der Waals surface area contributed by atoms with Gasteiger partial charge >= 0.3 is 6.03 Å². The van der Waals surface area contributed by atoms with Crippen LogP contribution in [0.1, 0.15) is 0 Å². The van der Waals surface area contributed by atoms with E-state index in [1.54, 1.807) is 17.5 Å². The zero-order valence-electron chi connectivity index (χ0n) is 10.2. The van der Waals surface area contributed by atoms with E-state index in [0.717, 1.165) is 26.2 Å². The molecular weight excluding hydrogens is 282 g/mol. The first-order valence-corrected chi connectivity index (χ1v) is 7.60. The number of piperazine rings is 1. The molecule has 1 saturated heterocycles. The minimum atomic E-state index is -0.0723. The first-order chi connectivity index (χ1) is 9.33. The van der Waals surface area contributed by atoms with Crippen LogP contribution in [0, 0.1) is 0 Å². The van der Waals surface area contributed by atoms with Crippen molar-refractivity contribution in [2.75, 3.05) is 36.4 Å². The largest absolute Gasteiger partial charge is 0.360 e. The van der Waals surface area contributed by atoms with Gasteiger partial charge in [0.1, 0.15) is 5.00 Å². The molecule has 1 fully saturated rings. The van der Waals surface area contributed by atoms with Crippen LogP contribution >= 0.6 is 22.9 Å². The summed E-state index contributed by atoms with van der Waals surface area (Å²) in [6, 6.07) is 4.09. The third-order valence-electron chi connectivity index (χ3n) is 2.98. The van der Waals surface area contributed by atoms with E-state index >= 15 is 0 Å². The van der Waals surface area contributed by atoms with Crippen molar-refractivity contribution >= 4 is 38.9 Å². The summed E-state index contributed by atoms with van der Waals surface area (Å²) in [5, 5.41) is 10.5. The maximum atomic E-state index is 12.0. The average molecular weight is 295 g/mol. The topological polar surface area (TPSA) is 61.4 Å². The average Bonchev–Trinajstić information content (AvgIpc) is 3.12. The molecule has 100 valence electrons. The molecule has 2 amide bonds. The van der Waals surface area contributed by atoms with Crippen molar-refractivity contribution in [1.82, 2.24) is 14.5 Å². The van der Waals surface area contributed by atoms with Crippen LogP contribution in [0.4, 0.5) is 14.8 Å². The molecule has 2 aromatic rings. The normalized spacial score (nSPS) is 15.6. The van der Waals surface area contributed by atoms with Gasteiger partial charge < -0.3 is 9.80 Å². The summed E-state index contributed by atoms with van der Waals surface area (Å²) in [4.78, 5) is 16.1. The van der Waals surface area contributed by atoms with Crippen molar-refractivity contribution in [3.8, 4) is 0 Å². The SMILES string of the molecule is O=C(Nc1cnns1)N1CCN(c2cccs2)CC1. The number of carbonyl (C=O) groups excluding carboxylic acids is 1. The van der Waals surface area contributed by atoms with Gasteiger partial charge in [-0.05, 0) is 17.5 Å². The van der Waals surface area contributed by atoms with Gasteiger partial charge in [0.2, 0.25) is 0 Å². The predicted octanol–water partition coefficient (Wildman–Crippen LogP) is 1.95. The molecule has 1 N–H and O–H groups in total. The number of amides is 2. The molecule has 19 heavy (non-hydrogen) atoms. The Labute approximate surface area is 118 Å². The molecule has 3 heterocycles. The van der Waals surface area contributed by atoms with E-state index in [-0.39, 0.29) is 6.03 Å². The van der Waals surface area contributed by atoms with Gasteiger partial charge in [-0.25, -0.2) is 4.79 Å². The predicted molar refractivity (Wildman–Crippen MR) is 77.0 cm³/mol. The molecule has 1 aliphatic rings. The molecule has 0 radical (unpaired) electrons. The highest BCUT2D eigenvalue weighted by molar-refractivity contribution is 7.14. The first kappa shape index (κ1) is 12.4. The number of carbonyl (C=O) groups is 1. The number of hydrogen-bond donors (Lipinski definition) is 1. The number of aromatic nitrogens is 2. The first-order valence-electron chi connectivity index (χ1n) is 5.94. The molecule has 0 unspecified atom stereocenters. The summed E-state index contributed by atoms with van der Waals surface area (Å²) in [6.07, 6.45) is 1.56. The number of hydrogen-bond acceptors (Lipinski definition) is 6. The maximum Gasteiger partial charge on any atom is 0.322 e. The summed E-state index contributed by atoms with van der Waals surface area (Å²) in [5.41, 5.74) is 0. The highest BCUT2D eigenvalue weighted by Gasteiger charge is 2.21. The Morgan fingerprint density at radius 2 is 2.16 bits per heavy atom. The second-order valence-electron chi connectivity index (χ2n) is 4.14. The van der Waals surface area contributed by atoms with Gasteiger partial charge in [-0.15, -0.1) is 16.4 Å². The second-order valence-corrected chi connectivity index (χ2v) is 5.85. The number of nitrogens with one attached hydrogen (secondary N) is 1. The molecule has 0 aliphatic carbocycles. The van der Waals surface area contributed by atoms with Crippen LogP contribution in [0.3, 0.4) is 0 Å². The Morgan fingerprint density at radius 1 is 1.32 bits per heavy atom. The van der Waals surface area contributed by atoms with Crippen LogP contribution in [-0.2, 0) is 0 Å². The quantitative estimate of drug-likeness (QED) is 0.920. The highest BCUT2D eigenvalue weighted by atomic mass is 32.1. The molecule has 0 aromatic carbocycles. The minimum absolute atomic E-state index is 0.0723. The fourth-order valence-electron chi connectivity index (χ4n) is 1.99. The van der Waals surface area contributed by atoms with Gasteiger partial charge in [0, 0.05) is 37.7 Å². The van der Waals surface area contributed by atoms with E-state index in [4.69, 9.17) is 0 Å². The van der Waals surface area contributed by atoms with Crippen LogP contribution < -0.4 is 10.2 Å². The summed E-state index contributed by atoms with van der Waals surface area (Å²) in [6.45, 7) is 3.20. The molecule has 3 rings (SSSR count). The number of thiophene rings is 1. The molecule has 2 aromatic heterocycles. The lowest BCUT2D eigenvalue weighted by Gasteiger charge is -2.35. The molecule has 6 nitrogen and oxygen atoms in total. The monoisotopic (exact) mass is 295 g/mol. The van der Waals surface area contributed by atoms with Gasteiger partial charge in [0.05, 0.1) is 11.2 Å². The van der Waals surface area contributed by atoms with Crippen LogP contribution in [0.5, 0.6) is 0 Å². The van der Waals surface area contributed by atoms with Crippen LogP contribution in [-0.4, -0.2) is 46.7 Å². The number of anilines is 2. The Hall–Kier alpha value is -1.67. The lowest BCUT2D eigenvalue weighted by Crippen LogP contribution is -2.49. The van der Waals surface area contributed by atoms with Gasteiger partial charge in [-0.2, -0.15) is 0 Å². The van der Waals surface area contributed by atoms with Crippen LogP contribution in [0.15, 0.2) is 23.7 Å². The Morgan fingerprint density at radius 3 is 2.79 bits per heavy atom. The summed E-state index contributed by atoms with van der Waals surface area (Å²) in [7, 11) is 0. The zero-order valence-corrected chi connectivity index (χ0v) is 11.8. The summed E-state index contributed by atoms with van der Waals surface area (Å²) in [5.74, 6) is 0. The van der Waals surface area contributed by atoms with Crippen molar-refractivity contribution < 1.29 is 4.79 Å². The number of rotatable bonds is 2. The molecule has 8 heteroatoms. The smallest absolute Gasteiger partial charge is 0.322 e. The Bertz CT molecular complexity index is 519. The molecule has 0 bridgehead atoms. The van der Waals surface area contributed by atoms with Crippen molar-refractivity contribution in [3.63, 3.8) is 0 Å². The number of urea groups is 1. The zero-order chi connectivity index (χ0) is 13.1.